The molecule has 1 aromatic carbocycles. The van der Waals surface area contributed by atoms with Crippen LogP contribution in [0, 0.1) is 12.3 Å². The fraction of sp³-hybridized carbons (Fsp3) is 0.357. The van der Waals surface area contributed by atoms with Gasteiger partial charge in [-0.05, 0) is 18.6 Å². The SMILES string of the molecule is C#CC(CCC)Nc1nc2ccccc2n1C. The van der Waals surface area contributed by atoms with Crippen molar-refractivity contribution in [3.05, 3.63) is 24.3 Å². The molecule has 88 valence electrons. The van der Waals surface area contributed by atoms with E-state index in [-0.39, 0.29) is 6.04 Å². The Labute approximate surface area is 102 Å². The number of fused-ring (bicyclic) bond motifs is 1. The van der Waals surface area contributed by atoms with Crippen molar-refractivity contribution in [2.75, 3.05) is 5.32 Å². The summed E-state index contributed by atoms with van der Waals surface area (Å²) in [5.74, 6) is 3.59. The average Bonchev–Trinajstić information content (AvgIpc) is 2.66. The van der Waals surface area contributed by atoms with Crippen LogP contribution in [0.1, 0.15) is 19.8 Å². The van der Waals surface area contributed by atoms with Crippen molar-refractivity contribution in [1.29, 1.82) is 0 Å². The molecule has 0 bridgehead atoms. The standard InChI is InChI=1S/C14H17N3/c1-4-8-11(5-2)15-14-16-12-9-6-7-10-13(12)17(14)3/h2,6-7,9-11H,4,8H2,1,3H3,(H,15,16). The highest BCUT2D eigenvalue weighted by molar-refractivity contribution is 5.78. The van der Waals surface area contributed by atoms with E-state index in [9.17, 15) is 0 Å². The Bertz CT molecular complexity index is 548. The average molecular weight is 227 g/mol. The van der Waals surface area contributed by atoms with Gasteiger partial charge < -0.3 is 9.88 Å². The number of aromatic nitrogens is 2. The second kappa shape index (κ2) is 4.92. The molecular formula is C14H17N3. The Hall–Kier alpha value is -1.95. The third-order valence-electron chi connectivity index (χ3n) is 2.87. The molecule has 1 atom stereocenters. The summed E-state index contributed by atoms with van der Waals surface area (Å²) in [6.07, 6.45) is 7.52. The molecule has 0 aliphatic rings. The Morgan fingerprint density at radius 3 is 2.88 bits per heavy atom. The molecule has 1 unspecified atom stereocenters. The predicted octanol–water partition coefficient (Wildman–Crippen LogP) is 2.79. The lowest BCUT2D eigenvalue weighted by molar-refractivity contribution is 0.741. The van der Waals surface area contributed by atoms with Crippen LogP contribution in [0.2, 0.25) is 0 Å². The normalized spacial score (nSPS) is 12.3. The molecule has 17 heavy (non-hydrogen) atoms. The first-order chi connectivity index (χ1) is 8.26. The first-order valence-corrected chi connectivity index (χ1v) is 5.90. The van der Waals surface area contributed by atoms with Gasteiger partial charge in [0, 0.05) is 7.05 Å². The Kier molecular flexibility index (Phi) is 3.34. The van der Waals surface area contributed by atoms with E-state index in [0.717, 1.165) is 29.8 Å². The zero-order valence-electron chi connectivity index (χ0n) is 10.3. The number of nitrogens with zero attached hydrogens (tertiary/aromatic N) is 2. The van der Waals surface area contributed by atoms with Crippen LogP contribution >= 0.6 is 0 Å². The molecule has 1 aromatic heterocycles. The molecule has 0 amide bonds. The molecule has 2 rings (SSSR count). The smallest absolute Gasteiger partial charge is 0.204 e. The number of hydrogen-bond acceptors (Lipinski definition) is 2. The van der Waals surface area contributed by atoms with Crippen molar-refractivity contribution in [1.82, 2.24) is 9.55 Å². The summed E-state index contributed by atoms with van der Waals surface area (Å²) < 4.78 is 2.04. The minimum Gasteiger partial charge on any atom is -0.342 e. The maximum absolute atomic E-state index is 5.50. The molecular weight excluding hydrogens is 210 g/mol. The number of para-hydroxylation sites is 2. The quantitative estimate of drug-likeness (QED) is 0.814. The van der Waals surface area contributed by atoms with Gasteiger partial charge >= 0.3 is 0 Å². The van der Waals surface area contributed by atoms with E-state index >= 15 is 0 Å². The highest BCUT2D eigenvalue weighted by Crippen LogP contribution is 2.18. The first-order valence-electron chi connectivity index (χ1n) is 5.90. The predicted molar refractivity (Wildman–Crippen MR) is 71.9 cm³/mol. The van der Waals surface area contributed by atoms with E-state index in [0.29, 0.717) is 0 Å². The van der Waals surface area contributed by atoms with Crippen molar-refractivity contribution in [3.8, 4) is 12.3 Å². The second-order valence-electron chi connectivity index (χ2n) is 4.14. The van der Waals surface area contributed by atoms with E-state index in [1.807, 2.05) is 29.8 Å². The summed E-state index contributed by atoms with van der Waals surface area (Å²) in [5.41, 5.74) is 2.10. The molecule has 3 heteroatoms. The molecule has 1 N–H and O–H groups in total. The van der Waals surface area contributed by atoms with Crippen molar-refractivity contribution >= 4 is 17.0 Å². The Morgan fingerprint density at radius 1 is 1.47 bits per heavy atom. The van der Waals surface area contributed by atoms with Crippen LogP contribution in [-0.4, -0.2) is 15.6 Å². The lowest BCUT2D eigenvalue weighted by atomic mass is 10.2. The van der Waals surface area contributed by atoms with Gasteiger partial charge in [0.2, 0.25) is 5.95 Å². The first kappa shape index (κ1) is 11.5. The van der Waals surface area contributed by atoms with Crippen LogP contribution in [0.4, 0.5) is 5.95 Å². The fourth-order valence-electron chi connectivity index (χ4n) is 1.92. The molecule has 0 aliphatic heterocycles. The molecule has 2 aromatic rings. The fourth-order valence-corrected chi connectivity index (χ4v) is 1.92. The van der Waals surface area contributed by atoms with Crippen molar-refractivity contribution in [2.24, 2.45) is 7.05 Å². The van der Waals surface area contributed by atoms with Crippen LogP contribution < -0.4 is 5.32 Å². The van der Waals surface area contributed by atoms with Crippen molar-refractivity contribution in [3.63, 3.8) is 0 Å². The van der Waals surface area contributed by atoms with Crippen molar-refractivity contribution in [2.45, 2.75) is 25.8 Å². The van der Waals surface area contributed by atoms with Crippen LogP contribution in [0.5, 0.6) is 0 Å². The Morgan fingerprint density at radius 2 is 2.24 bits per heavy atom. The van der Waals surface area contributed by atoms with Crippen LogP contribution in [-0.2, 0) is 7.05 Å². The number of rotatable bonds is 4. The van der Waals surface area contributed by atoms with E-state index in [1.54, 1.807) is 0 Å². The molecule has 3 nitrogen and oxygen atoms in total. The lowest BCUT2D eigenvalue weighted by Gasteiger charge is -2.12. The highest BCUT2D eigenvalue weighted by atomic mass is 15.2. The summed E-state index contributed by atoms with van der Waals surface area (Å²) in [4.78, 5) is 4.54. The van der Waals surface area contributed by atoms with Gasteiger partial charge in [-0.3, -0.25) is 0 Å². The van der Waals surface area contributed by atoms with Crippen LogP contribution in [0.3, 0.4) is 0 Å². The largest absolute Gasteiger partial charge is 0.342 e. The third kappa shape index (κ3) is 2.26. The van der Waals surface area contributed by atoms with Gasteiger partial charge in [-0.25, -0.2) is 4.98 Å². The van der Waals surface area contributed by atoms with Gasteiger partial charge in [0.25, 0.3) is 0 Å². The molecule has 0 radical (unpaired) electrons. The summed E-state index contributed by atoms with van der Waals surface area (Å²) in [6, 6.07) is 8.11. The van der Waals surface area contributed by atoms with Crippen LogP contribution in [0.25, 0.3) is 11.0 Å². The molecule has 0 saturated heterocycles. The number of hydrogen-bond donors (Lipinski definition) is 1. The molecule has 0 spiro atoms. The molecule has 1 heterocycles. The molecule has 0 aliphatic carbocycles. The third-order valence-corrected chi connectivity index (χ3v) is 2.87. The summed E-state index contributed by atoms with van der Waals surface area (Å²) in [7, 11) is 2.00. The van der Waals surface area contributed by atoms with Gasteiger partial charge in [-0.1, -0.05) is 31.4 Å². The topological polar surface area (TPSA) is 29.9 Å². The van der Waals surface area contributed by atoms with Crippen molar-refractivity contribution < 1.29 is 0 Å². The monoisotopic (exact) mass is 227 g/mol. The van der Waals surface area contributed by atoms with E-state index in [4.69, 9.17) is 6.42 Å². The number of anilines is 1. The van der Waals surface area contributed by atoms with Gasteiger partial charge in [0.1, 0.15) is 0 Å². The van der Waals surface area contributed by atoms with Crippen LogP contribution in [0.15, 0.2) is 24.3 Å². The minimum absolute atomic E-state index is 0.0514. The molecule has 0 saturated carbocycles. The zero-order chi connectivity index (χ0) is 12.3. The van der Waals surface area contributed by atoms with Gasteiger partial charge in [0.15, 0.2) is 0 Å². The highest BCUT2D eigenvalue weighted by Gasteiger charge is 2.10. The minimum atomic E-state index is 0.0514. The van der Waals surface area contributed by atoms with E-state index in [2.05, 4.69) is 29.2 Å². The summed E-state index contributed by atoms with van der Waals surface area (Å²) >= 11 is 0. The summed E-state index contributed by atoms with van der Waals surface area (Å²) in [5, 5.41) is 3.30. The lowest BCUT2D eigenvalue weighted by Crippen LogP contribution is -2.19. The van der Waals surface area contributed by atoms with Gasteiger partial charge in [0.05, 0.1) is 17.1 Å². The number of terminal acetylenes is 1. The zero-order valence-corrected chi connectivity index (χ0v) is 10.3. The maximum Gasteiger partial charge on any atom is 0.204 e. The Balaban J connectivity index is 2.30. The van der Waals surface area contributed by atoms with E-state index in [1.165, 1.54) is 0 Å². The van der Waals surface area contributed by atoms with E-state index < -0.39 is 0 Å². The second-order valence-corrected chi connectivity index (χ2v) is 4.14. The number of imidazole rings is 1. The maximum atomic E-state index is 5.50. The van der Waals surface area contributed by atoms with Gasteiger partial charge in [-0.15, -0.1) is 6.42 Å². The summed E-state index contributed by atoms with van der Waals surface area (Å²) in [6.45, 7) is 2.13. The number of aryl methyl sites for hydroxylation is 1. The van der Waals surface area contributed by atoms with Gasteiger partial charge in [-0.2, -0.15) is 0 Å². The molecule has 0 fully saturated rings. The number of nitrogens with one attached hydrogen (secondary N) is 1. The number of benzene rings is 1.